The van der Waals surface area contributed by atoms with Gasteiger partial charge in [0.05, 0.1) is 16.9 Å². The lowest BCUT2D eigenvalue weighted by molar-refractivity contribution is -0.153. The number of carboxylic acids is 1. The summed E-state index contributed by atoms with van der Waals surface area (Å²) in [6.45, 7) is 2.52. The minimum absolute atomic E-state index is 0.00239. The number of carbonyl (C=O) groups is 3. The molecule has 1 saturated heterocycles. The highest BCUT2D eigenvalue weighted by atomic mass is 32.2. The van der Waals surface area contributed by atoms with E-state index >= 15 is 0 Å². The third-order valence-corrected chi connectivity index (χ3v) is 5.04. The van der Waals surface area contributed by atoms with Gasteiger partial charge >= 0.3 is 5.97 Å². The number of likely N-dealkylation sites (tertiary alicyclic amines) is 1. The Balaban J connectivity index is 1.81. The number of piperidine rings is 1. The fourth-order valence-electron chi connectivity index (χ4n) is 2.66. The number of aliphatic carboxylic acids is 1. The lowest BCUT2D eigenvalue weighted by Gasteiger charge is -2.37. The topological polar surface area (TPSA) is 74.7 Å². The van der Waals surface area contributed by atoms with Crippen LogP contribution in [0.4, 0.5) is 0 Å². The Kier molecular flexibility index (Phi) is 5.82. The number of nitrogens with zero attached hydrogens (tertiary/aromatic N) is 1. The number of thioether (sulfide) groups is 1. The Hall–Kier alpha value is -1.82. The highest BCUT2D eigenvalue weighted by Gasteiger charge is 2.39. The first-order chi connectivity index (χ1) is 10.9. The van der Waals surface area contributed by atoms with E-state index in [-0.39, 0.29) is 29.7 Å². The zero-order chi connectivity index (χ0) is 16.9. The van der Waals surface area contributed by atoms with Gasteiger partial charge in [0, 0.05) is 18.7 Å². The molecule has 124 valence electrons. The van der Waals surface area contributed by atoms with E-state index in [2.05, 4.69) is 0 Å². The fourth-order valence-corrected chi connectivity index (χ4v) is 3.47. The molecule has 1 aliphatic rings. The molecule has 0 radical (unpaired) electrons. The quantitative estimate of drug-likeness (QED) is 0.808. The lowest BCUT2D eigenvalue weighted by Crippen LogP contribution is -2.49. The maximum absolute atomic E-state index is 12.2. The zero-order valence-electron chi connectivity index (χ0n) is 13.2. The first kappa shape index (κ1) is 17.5. The van der Waals surface area contributed by atoms with Crippen LogP contribution >= 0.6 is 11.8 Å². The van der Waals surface area contributed by atoms with E-state index in [1.165, 1.54) is 11.8 Å². The summed E-state index contributed by atoms with van der Waals surface area (Å²) in [7, 11) is 0. The standard InChI is InChI=1S/C17H21NO4S/c1-17(16(21)22)8-5-9-18(12-17)15(20)11-23-10-14(19)13-6-3-2-4-7-13/h2-4,6-7H,5,8-12H2,1H3,(H,21,22). The van der Waals surface area contributed by atoms with Gasteiger partial charge in [-0.3, -0.25) is 14.4 Å². The molecule has 0 spiro atoms. The van der Waals surface area contributed by atoms with Crippen molar-refractivity contribution in [2.45, 2.75) is 19.8 Å². The van der Waals surface area contributed by atoms with Gasteiger partial charge in [0.15, 0.2) is 5.78 Å². The van der Waals surface area contributed by atoms with E-state index < -0.39 is 11.4 Å². The van der Waals surface area contributed by atoms with Gasteiger partial charge in [0.25, 0.3) is 0 Å². The second-order valence-corrected chi connectivity index (χ2v) is 7.05. The molecular weight excluding hydrogens is 314 g/mol. The molecule has 0 bridgehead atoms. The number of benzene rings is 1. The lowest BCUT2D eigenvalue weighted by atomic mass is 9.82. The van der Waals surface area contributed by atoms with Gasteiger partial charge in [-0.2, -0.15) is 0 Å². The molecule has 2 rings (SSSR count). The number of hydrogen-bond acceptors (Lipinski definition) is 4. The molecule has 1 unspecified atom stereocenters. The third kappa shape index (κ3) is 4.58. The molecule has 0 aliphatic carbocycles. The van der Waals surface area contributed by atoms with E-state index in [0.717, 1.165) is 0 Å². The molecule has 1 fully saturated rings. The van der Waals surface area contributed by atoms with Crippen molar-refractivity contribution in [2.75, 3.05) is 24.6 Å². The van der Waals surface area contributed by atoms with E-state index in [4.69, 9.17) is 0 Å². The maximum atomic E-state index is 12.2. The zero-order valence-corrected chi connectivity index (χ0v) is 14.0. The second kappa shape index (κ2) is 7.64. The average molecular weight is 335 g/mol. The van der Waals surface area contributed by atoms with Crippen molar-refractivity contribution < 1.29 is 19.5 Å². The second-order valence-electron chi connectivity index (χ2n) is 6.07. The molecule has 1 aromatic rings. The van der Waals surface area contributed by atoms with Gasteiger partial charge in [-0.05, 0) is 19.8 Å². The number of Topliss-reactive ketones (excluding diaryl/α,β-unsaturated/α-hetero) is 1. The summed E-state index contributed by atoms with van der Waals surface area (Å²) in [6.07, 6.45) is 1.29. The summed E-state index contributed by atoms with van der Waals surface area (Å²) in [6, 6.07) is 8.98. The molecule has 0 saturated carbocycles. The number of carbonyl (C=O) groups excluding carboxylic acids is 2. The molecule has 1 atom stereocenters. The van der Waals surface area contributed by atoms with Gasteiger partial charge in [0.1, 0.15) is 0 Å². The van der Waals surface area contributed by atoms with Crippen LogP contribution in [0.5, 0.6) is 0 Å². The summed E-state index contributed by atoms with van der Waals surface area (Å²) in [5.74, 6) is -0.504. The number of hydrogen-bond donors (Lipinski definition) is 1. The number of rotatable bonds is 6. The molecular formula is C17H21NO4S. The smallest absolute Gasteiger partial charge is 0.311 e. The van der Waals surface area contributed by atoms with Crippen LogP contribution in [0.25, 0.3) is 0 Å². The highest BCUT2D eigenvalue weighted by molar-refractivity contribution is 8.00. The Morgan fingerprint density at radius 3 is 2.57 bits per heavy atom. The molecule has 6 heteroatoms. The van der Waals surface area contributed by atoms with Gasteiger partial charge in [-0.15, -0.1) is 11.8 Å². The Bertz CT molecular complexity index is 590. The fraction of sp³-hybridized carbons (Fsp3) is 0.471. The first-order valence-corrected chi connectivity index (χ1v) is 8.75. The molecule has 5 nitrogen and oxygen atoms in total. The van der Waals surface area contributed by atoms with Gasteiger partial charge in [-0.1, -0.05) is 30.3 Å². The van der Waals surface area contributed by atoms with Crippen molar-refractivity contribution in [3.05, 3.63) is 35.9 Å². The van der Waals surface area contributed by atoms with Crippen molar-refractivity contribution >= 4 is 29.4 Å². The van der Waals surface area contributed by atoms with Crippen LogP contribution in [0.1, 0.15) is 30.1 Å². The molecule has 1 N–H and O–H groups in total. The first-order valence-electron chi connectivity index (χ1n) is 7.59. The average Bonchev–Trinajstić information content (AvgIpc) is 2.55. The summed E-state index contributed by atoms with van der Waals surface area (Å²) >= 11 is 1.28. The van der Waals surface area contributed by atoms with Crippen molar-refractivity contribution in [2.24, 2.45) is 5.41 Å². The predicted molar refractivity (Wildman–Crippen MR) is 89.7 cm³/mol. The van der Waals surface area contributed by atoms with E-state index in [0.29, 0.717) is 24.9 Å². The Labute approximate surface area is 140 Å². The molecule has 1 heterocycles. The molecule has 23 heavy (non-hydrogen) atoms. The minimum Gasteiger partial charge on any atom is -0.481 e. The van der Waals surface area contributed by atoms with Crippen molar-refractivity contribution in [1.82, 2.24) is 4.90 Å². The van der Waals surface area contributed by atoms with Crippen molar-refractivity contribution in [3.63, 3.8) is 0 Å². The van der Waals surface area contributed by atoms with Crippen LogP contribution in [0.3, 0.4) is 0 Å². The molecule has 1 aromatic carbocycles. The largest absolute Gasteiger partial charge is 0.481 e. The highest BCUT2D eigenvalue weighted by Crippen LogP contribution is 2.30. The Morgan fingerprint density at radius 1 is 1.22 bits per heavy atom. The van der Waals surface area contributed by atoms with Crippen LogP contribution in [-0.4, -0.2) is 52.3 Å². The predicted octanol–water partition coefficient (Wildman–Crippen LogP) is 2.32. The molecule has 0 aromatic heterocycles. The van der Waals surface area contributed by atoms with Crippen molar-refractivity contribution in [3.8, 4) is 0 Å². The Morgan fingerprint density at radius 2 is 1.91 bits per heavy atom. The number of carboxylic acid groups (broad SMARTS) is 1. The normalized spacial score (nSPS) is 21.0. The van der Waals surface area contributed by atoms with Crippen LogP contribution in [-0.2, 0) is 9.59 Å². The summed E-state index contributed by atoms with van der Waals surface area (Å²) in [5.41, 5.74) is -0.220. The SMILES string of the molecule is CC1(C(=O)O)CCCN(C(=O)CSCC(=O)c2ccccc2)C1. The van der Waals surface area contributed by atoms with Crippen LogP contribution in [0.15, 0.2) is 30.3 Å². The van der Waals surface area contributed by atoms with E-state index in [1.54, 1.807) is 24.0 Å². The minimum atomic E-state index is -0.863. The summed E-state index contributed by atoms with van der Waals surface area (Å²) < 4.78 is 0. The summed E-state index contributed by atoms with van der Waals surface area (Å²) in [5, 5.41) is 9.28. The van der Waals surface area contributed by atoms with Gasteiger partial charge in [0.2, 0.25) is 5.91 Å². The van der Waals surface area contributed by atoms with E-state index in [1.807, 2.05) is 18.2 Å². The van der Waals surface area contributed by atoms with Crippen molar-refractivity contribution in [1.29, 1.82) is 0 Å². The van der Waals surface area contributed by atoms with Crippen LogP contribution in [0, 0.1) is 5.41 Å². The van der Waals surface area contributed by atoms with Crippen LogP contribution < -0.4 is 0 Å². The van der Waals surface area contributed by atoms with E-state index in [9.17, 15) is 19.5 Å². The third-order valence-electron chi connectivity index (χ3n) is 4.12. The number of amides is 1. The molecule has 1 aliphatic heterocycles. The van der Waals surface area contributed by atoms with Crippen LogP contribution in [0.2, 0.25) is 0 Å². The van der Waals surface area contributed by atoms with Gasteiger partial charge in [-0.25, -0.2) is 0 Å². The molecule has 1 amide bonds. The maximum Gasteiger partial charge on any atom is 0.311 e. The number of ketones is 1. The van der Waals surface area contributed by atoms with Gasteiger partial charge < -0.3 is 10.0 Å². The summed E-state index contributed by atoms with van der Waals surface area (Å²) in [4.78, 5) is 37.1. The monoisotopic (exact) mass is 335 g/mol.